The molecular formula is C17H12ClFN2O5. The number of amides is 1. The van der Waals surface area contributed by atoms with E-state index in [4.69, 9.17) is 16.3 Å². The summed E-state index contributed by atoms with van der Waals surface area (Å²) >= 11 is 5.74. The van der Waals surface area contributed by atoms with Crippen LogP contribution in [-0.2, 0) is 14.3 Å². The van der Waals surface area contributed by atoms with Crippen molar-refractivity contribution in [3.63, 3.8) is 0 Å². The molecule has 0 saturated carbocycles. The molecule has 0 unspecified atom stereocenters. The molecule has 9 heteroatoms. The highest BCUT2D eigenvalue weighted by atomic mass is 35.5. The lowest BCUT2D eigenvalue weighted by Crippen LogP contribution is -2.20. The second-order valence-electron chi connectivity index (χ2n) is 4.96. The zero-order chi connectivity index (χ0) is 19.1. The second-order valence-corrected chi connectivity index (χ2v) is 5.40. The number of hydrogen-bond donors (Lipinski definition) is 1. The van der Waals surface area contributed by atoms with Gasteiger partial charge < -0.3 is 10.1 Å². The molecule has 26 heavy (non-hydrogen) atoms. The quantitative estimate of drug-likeness (QED) is 0.358. The molecule has 0 fully saturated rings. The minimum Gasteiger partial charge on any atom is -0.452 e. The Morgan fingerprint density at radius 3 is 2.58 bits per heavy atom. The molecule has 0 spiro atoms. The van der Waals surface area contributed by atoms with Crippen LogP contribution in [0.15, 0.2) is 48.5 Å². The van der Waals surface area contributed by atoms with Crippen LogP contribution in [0.4, 0.5) is 15.8 Å². The number of esters is 1. The molecular weight excluding hydrogens is 367 g/mol. The summed E-state index contributed by atoms with van der Waals surface area (Å²) in [5, 5.41) is 13.5. The van der Waals surface area contributed by atoms with Gasteiger partial charge in [-0.2, -0.15) is 4.39 Å². The van der Waals surface area contributed by atoms with Crippen LogP contribution in [0.1, 0.15) is 5.56 Å². The fourth-order valence-corrected chi connectivity index (χ4v) is 1.98. The fraction of sp³-hybridized carbons (Fsp3) is 0.0588. The maximum atomic E-state index is 13.2. The van der Waals surface area contributed by atoms with Gasteiger partial charge in [0.25, 0.3) is 5.91 Å². The number of carbonyl (C=O) groups excluding carboxylic acids is 2. The summed E-state index contributed by atoms with van der Waals surface area (Å²) in [4.78, 5) is 33.0. The molecule has 0 radical (unpaired) electrons. The zero-order valence-electron chi connectivity index (χ0n) is 13.1. The Morgan fingerprint density at radius 1 is 1.23 bits per heavy atom. The Hall–Kier alpha value is -3.26. The number of ether oxygens (including phenoxy) is 1. The summed E-state index contributed by atoms with van der Waals surface area (Å²) in [7, 11) is 0. The first-order valence-electron chi connectivity index (χ1n) is 7.19. The van der Waals surface area contributed by atoms with Gasteiger partial charge in [0.2, 0.25) is 5.82 Å². The first-order chi connectivity index (χ1) is 12.3. The van der Waals surface area contributed by atoms with E-state index in [0.29, 0.717) is 5.02 Å². The number of rotatable bonds is 6. The summed E-state index contributed by atoms with van der Waals surface area (Å²) in [5.41, 5.74) is -0.0454. The maximum Gasteiger partial charge on any atom is 0.331 e. The van der Waals surface area contributed by atoms with E-state index in [9.17, 15) is 24.1 Å². The van der Waals surface area contributed by atoms with E-state index in [1.165, 1.54) is 6.08 Å². The molecule has 0 saturated heterocycles. The van der Waals surface area contributed by atoms with E-state index in [1.807, 2.05) is 0 Å². The third kappa shape index (κ3) is 5.67. The molecule has 0 atom stereocenters. The van der Waals surface area contributed by atoms with E-state index >= 15 is 0 Å². The fourth-order valence-electron chi connectivity index (χ4n) is 1.85. The van der Waals surface area contributed by atoms with Crippen LogP contribution in [-0.4, -0.2) is 23.4 Å². The van der Waals surface area contributed by atoms with E-state index in [-0.39, 0.29) is 5.69 Å². The first-order valence-corrected chi connectivity index (χ1v) is 7.57. The molecule has 1 N–H and O–H groups in total. The van der Waals surface area contributed by atoms with Crippen molar-refractivity contribution in [1.82, 2.24) is 0 Å². The van der Waals surface area contributed by atoms with Gasteiger partial charge >= 0.3 is 11.7 Å². The van der Waals surface area contributed by atoms with Crippen LogP contribution in [0.2, 0.25) is 5.02 Å². The number of benzene rings is 2. The first kappa shape index (κ1) is 19.1. The van der Waals surface area contributed by atoms with E-state index < -0.39 is 34.9 Å². The summed E-state index contributed by atoms with van der Waals surface area (Å²) in [6.07, 6.45) is 2.62. The van der Waals surface area contributed by atoms with Crippen molar-refractivity contribution < 1.29 is 23.6 Å². The minimum absolute atomic E-state index is 0.0101. The Bertz CT molecular complexity index is 868. The summed E-state index contributed by atoms with van der Waals surface area (Å²) in [6, 6.07) is 9.58. The number of halogens is 2. The molecule has 2 aromatic carbocycles. The summed E-state index contributed by atoms with van der Waals surface area (Å²) in [6.45, 7) is -0.602. The highest BCUT2D eigenvalue weighted by Gasteiger charge is 2.15. The molecule has 0 heterocycles. The Balaban J connectivity index is 1.86. The lowest BCUT2D eigenvalue weighted by atomic mass is 10.2. The van der Waals surface area contributed by atoms with Gasteiger partial charge in [0.1, 0.15) is 0 Å². The van der Waals surface area contributed by atoms with Gasteiger partial charge in [-0.25, -0.2) is 4.79 Å². The van der Waals surface area contributed by atoms with Crippen molar-refractivity contribution >= 4 is 40.9 Å². The lowest BCUT2D eigenvalue weighted by molar-refractivity contribution is -0.387. The maximum absolute atomic E-state index is 13.2. The molecule has 134 valence electrons. The van der Waals surface area contributed by atoms with Gasteiger partial charge in [-0.05, 0) is 35.9 Å². The number of anilines is 1. The van der Waals surface area contributed by atoms with Crippen LogP contribution in [0.5, 0.6) is 0 Å². The lowest BCUT2D eigenvalue weighted by Gasteiger charge is -2.05. The molecule has 7 nitrogen and oxygen atoms in total. The third-order valence-electron chi connectivity index (χ3n) is 3.05. The number of carbonyl (C=O) groups is 2. The molecule has 0 aliphatic heterocycles. The number of nitro groups is 1. The Kier molecular flexibility index (Phi) is 6.40. The number of hydrogen-bond acceptors (Lipinski definition) is 5. The van der Waals surface area contributed by atoms with Crippen molar-refractivity contribution in [1.29, 1.82) is 0 Å². The van der Waals surface area contributed by atoms with Crippen LogP contribution < -0.4 is 5.32 Å². The van der Waals surface area contributed by atoms with Crippen molar-refractivity contribution in [2.24, 2.45) is 0 Å². The second kappa shape index (κ2) is 8.72. The predicted octanol–water partition coefficient (Wildman–Crippen LogP) is 3.58. The average Bonchev–Trinajstić information content (AvgIpc) is 2.61. The molecule has 0 bridgehead atoms. The molecule has 2 aromatic rings. The average molecular weight is 379 g/mol. The largest absolute Gasteiger partial charge is 0.452 e. The van der Waals surface area contributed by atoms with E-state index in [1.54, 1.807) is 24.3 Å². The van der Waals surface area contributed by atoms with Gasteiger partial charge in [0.15, 0.2) is 6.61 Å². The van der Waals surface area contributed by atoms with Crippen molar-refractivity contribution in [2.75, 3.05) is 11.9 Å². The van der Waals surface area contributed by atoms with Crippen molar-refractivity contribution in [2.45, 2.75) is 0 Å². The summed E-state index contributed by atoms with van der Waals surface area (Å²) in [5.74, 6) is -2.49. The monoisotopic (exact) mass is 378 g/mol. The Morgan fingerprint density at radius 2 is 1.92 bits per heavy atom. The van der Waals surface area contributed by atoms with Crippen LogP contribution in [0, 0.1) is 15.9 Å². The highest BCUT2D eigenvalue weighted by molar-refractivity contribution is 6.30. The van der Waals surface area contributed by atoms with Crippen molar-refractivity contribution in [3.8, 4) is 0 Å². The number of nitro benzene ring substituents is 1. The SMILES string of the molecule is O=C(COC(=O)/C=C/c1ccc(Cl)cc1)Nc1ccc(F)c([N+](=O)[O-])c1. The van der Waals surface area contributed by atoms with Crippen molar-refractivity contribution in [3.05, 3.63) is 75.1 Å². The number of nitrogens with one attached hydrogen (secondary N) is 1. The van der Waals surface area contributed by atoms with Crippen LogP contribution >= 0.6 is 11.6 Å². The van der Waals surface area contributed by atoms with E-state index in [2.05, 4.69) is 5.32 Å². The standard InChI is InChI=1S/C17H12ClFN2O5/c18-12-4-1-11(2-5-12)3-8-17(23)26-10-16(22)20-13-6-7-14(19)15(9-13)21(24)25/h1-9H,10H2,(H,20,22)/b8-3+. The van der Waals surface area contributed by atoms with Gasteiger partial charge in [0.05, 0.1) is 4.92 Å². The van der Waals surface area contributed by atoms with Crippen LogP contribution in [0.25, 0.3) is 6.08 Å². The predicted molar refractivity (Wildman–Crippen MR) is 93.1 cm³/mol. The topological polar surface area (TPSA) is 98.5 Å². The molecule has 0 aliphatic carbocycles. The van der Waals surface area contributed by atoms with Gasteiger partial charge in [-0.3, -0.25) is 14.9 Å². The van der Waals surface area contributed by atoms with Gasteiger partial charge in [0, 0.05) is 22.9 Å². The number of nitrogens with zero attached hydrogens (tertiary/aromatic N) is 1. The van der Waals surface area contributed by atoms with Crippen LogP contribution in [0.3, 0.4) is 0 Å². The molecule has 2 rings (SSSR count). The molecule has 0 aliphatic rings. The highest BCUT2D eigenvalue weighted by Crippen LogP contribution is 2.21. The molecule has 0 aromatic heterocycles. The summed E-state index contributed by atoms with van der Waals surface area (Å²) < 4.78 is 18.0. The van der Waals surface area contributed by atoms with E-state index in [0.717, 1.165) is 29.8 Å². The zero-order valence-corrected chi connectivity index (χ0v) is 13.9. The Labute approximate surface area is 152 Å². The van der Waals surface area contributed by atoms with Gasteiger partial charge in [-0.15, -0.1) is 0 Å². The normalized spacial score (nSPS) is 10.5. The minimum atomic E-state index is -1.02. The smallest absolute Gasteiger partial charge is 0.331 e. The third-order valence-corrected chi connectivity index (χ3v) is 3.31. The molecule has 1 amide bonds. The van der Waals surface area contributed by atoms with Gasteiger partial charge in [-0.1, -0.05) is 23.7 Å².